The van der Waals surface area contributed by atoms with Crippen molar-refractivity contribution in [2.24, 2.45) is 5.10 Å². The first-order valence-electron chi connectivity index (χ1n) is 7.01. The summed E-state index contributed by atoms with van der Waals surface area (Å²) in [6.45, 7) is 2.47. The number of nitrogens with one attached hydrogen (secondary N) is 1. The molecule has 2 aromatic rings. The van der Waals surface area contributed by atoms with E-state index < -0.39 is 10.8 Å². The monoisotopic (exact) mass is 391 g/mol. The Bertz CT molecular complexity index is 775. The Hall–Kier alpha value is -2.74. The quantitative estimate of drug-likeness (QED) is 0.462. The molecule has 0 aliphatic heterocycles. The highest BCUT2D eigenvalue weighted by Crippen LogP contribution is 2.25. The van der Waals surface area contributed by atoms with Gasteiger partial charge in [0.1, 0.15) is 5.75 Å². The third-order valence-electron chi connectivity index (χ3n) is 2.98. The van der Waals surface area contributed by atoms with E-state index in [0.29, 0.717) is 6.61 Å². The fourth-order valence-corrected chi connectivity index (χ4v) is 2.35. The smallest absolute Gasteiger partial charge is 0.271 e. The van der Waals surface area contributed by atoms with E-state index in [0.717, 1.165) is 15.8 Å². The molecule has 0 fully saturated rings. The Labute approximate surface area is 146 Å². The van der Waals surface area contributed by atoms with Gasteiger partial charge in [0, 0.05) is 17.7 Å². The average molecular weight is 392 g/mol. The van der Waals surface area contributed by atoms with Crippen LogP contribution in [0.25, 0.3) is 0 Å². The summed E-state index contributed by atoms with van der Waals surface area (Å²) in [7, 11) is 0. The molecular weight excluding hydrogens is 378 g/mol. The summed E-state index contributed by atoms with van der Waals surface area (Å²) < 4.78 is 6.20. The molecule has 0 aliphatic carbocycles. The van der Waals surface area contributed by atoms with Gasteiger partial charge in [0.15, 0.2) is 0 Å². The molecule has 0 saturated carbocycles. The van der Waals surface area contributed by atoms with Gasteiger partial charge < -0.3 is 4.74 Å². The Kier molecular flexibility index (Phi) is 6.02. The predicted molar refractivity (Wildman–Crippen MR) is 93.5 cm³/mol. The van der Waals surface area contributed by atoms with E-state index in [4.69, 9.17) is 4.74 Å². The molecule has 0 aliphatic rings. The molecule has 0 heterocycles. The predicted octanol–water partition coefficient (Wildman–Crippen LogP) is 3.52. The van der Waals surface area contributed by atoms with E-state index in [1.165, 1.54) is 30.5 Å². The van der Waals surface area contributed by atoms with E-state index in [1.807, 2.05) is 13.0 Å². The van der Waals surface area contributed by atoms with E-state index in [2.05, 4.69) is 26.5 Å². The van der Waals surface area contributed by atoms with Crippen LogP contribution < -0.4 is 10.2 Å². The number of nitro groups is 1. The minimum Gasteiger partial charge on any atom is -0.493 e. The van der Waals surface area contributed by atoms with Crippen molar-refractivity contribution in [1.82, 2.24) is 5.43 Å². The van der Waals surface area contributed by atoms with Gasteiger partial charge in [-0.3, -0.25) is 14.9 Å². The molecule has 0 atom stereocenters. The zero-order chi connectivity index (χ0) is 17.5. The normalized spacial score (nSPS) is 10.6. The summed E-state index contributed by atoms with van der Waals surface area (Å²) in [5.74, 6) is 0.274. The molecule has 8 heteroatoms. The third-order valence-corrected chi connectivity index (χ3v) is 3.60. The average Bonchev–Trinajstić information content (AvgIpc) is 2.57. The van der Waals surface area contributed by atoms with Crippen LogP contribution in [0, 0.1) is 10.1 Å². The van der Waals surface area contributed by atoms with Crippen LogP contribution in [-0.4, -0.2) is 23.7 Å². The molecule has 124 valence electrons. The van der Waals surface area contributed by atoms with Crippen molar-refractivity contribution in [1.29, 1.82) is 0 Å². The van der Waals surface area contributed by atoms with Crippen LogP contribution in [0.4, 0.5) is 5.69 Å². The molecule has 2 aromatic carbocycles. The minimum atomic E-state index is -0.524. The molecule has 0 radical (unpaired) electrons. The summed E-state index contributed by atoms with van der Waals surface area (Å²) in [5, 5.41) is 14.4. The SMILES string of the molecule is CCOc1ccc(/C=N/NC(=O)c2ccc([N+](=O)[O-])cc2)cc1Br. The second-order valence-electron chi connectivity index (χ2n) is 4.63. The fourth-order valence-electron chi connectivity index (χ4n) is 1.83. The zero-order valence-electron chi connectivity index (χ0n) is 12.7. The maximum Gasteiger partial charge on any atom is 0.271 e. The second kappa shape index (κ2) is 8.21. The van der Waals surface area contributed by atoms with Crippen LogP contribution in [0.3, 0.4) is 0 Å². The summed E-state index contributed by atoms with van der Waals surface area (Å²) >= 11 is 3.40. The van der Waals surface area contributed by atoms with Gasteiger partial charge in [0.25, 0.3) is 11.6 Å². The number of ether oxygens (including phenoxy) is 1. The van der Waals surface area contributed by atoms with Crippen LogP contribution in [0.15, 0.2) is 52.0 Å². The lowest BCUT2D eigenvalue weighted by Crippen LogP contribution is -2.17. The molecule has 0 bridgehead atoms. The summed E-state index contributed by atoms with van der Waals surface area (Å²) in [6, 6.07) is 10.7. The summed E-state index contributed by atoms with van der Waals surface area (Å²) in [5.41, 5.74) is 3.35. The number of halogens is 1. The van der Waals surface area contributed by atoms with Crippen molar-refractivity contribution < 1.29 is 14.5 Å². The Morgan fingerprint density at radius 1 is 1.33 bits per heavy atom. The molecule has 0 spiro atoms. The molecule has 2 rings (SSSR count). The lowest BCUT2D eigenvalue weighted by molar-refractivity contribution is -0.384. The standard InChI is InChI=1S/C16H14BrN3O4/c1-2-24-15-8-3-11(9-14(15)17)10-18-19-16(21)12-4-6-13(7-5-12)20(22)23/h3-10H,2H2,1H3,(H,19,21)/b18-10+. The number of carbonyl (C=O) groups excluding carboxylic acids is 1. The molecule has 1 N–H and O–H groups in total. The molecule has 0 aromatic heterocycles. The second-order valence-corrected chi connectivity index (χ2v) is 5.48. The first kappa shape index (κ1) is 17.6. The van der Waals surface area contributed by atoms with Crippen LogP contribution in [-0.2, 0) is 0 Å². The Balaban J connectivity index is 1.99. The Morgan fingerprint density at radius 2 is 2.04 bits per heavy atom. The van der Waals surface area contributed by atoms with Gasteiger partial charge in [-0.25, -0.2) is 5.43 Å². The van der Waals surface area contributed by atoms with Crippen molar-refractivity contribution in [3.8, 4) is 5.75 Å². The van der Waals surface area contributed by atoms with Crippen molar-refractivity contribution >= 4 is 33.7 Å². The number of amides is 1. The van der Waals surface area contributed by atoms with Gasteiger partial charge in [-0.1, -0.05) is 0 Å². The summed E-state index contributed by atoms with van der Waals surface area (Å²) in [6.07, 6.45) is 1.49. The topological polar surface area (TPSA) is 93.8 Å². The number of nitro benzene ring substituents is 1. The number of rotatable bonds is 6. The van der Waals surface area contributed by atoms with E-state index >= 15 is 0 Å². The van der Waals surface area contributed by atoms with Gasteiger partial charge >= 0.3 is 0 Å². The largest absolute Gasteiger partial charge is 0.493 e. The van der Waals surface area contributed by atoms with E-state index in [9.17, 15) is 14.9 Å². The minimum absolute atomic E-state index is 0.0747. The van der Waals surface area contributed by atoms with Crippen molar-refractivity contribution in [3.63, 3.8) is 0 Å². The highest BCUT2D eigenvalue weighted by Gasteiger charge is 2.08. The first-order valence-corrected chi connectivity index (χ1v) is 7.80. The number of hydrogen-bond donors (Lipinski definition) is 1. The number of benzene rings is 2. The number of hydrogen-bond acceptors (Lipinski definition) is 5. The number of hydrazone groups is 1. The molecule has 7 nitrogen and oxygen atoms in total. The third kappa shape index (κ3) is 4.63. The lowest BCUT2D eigenvalue weighted by atomic mass is 10.2. The molecular formula is C16H14BrN3O4. The van der Waals surface area contributed by atoms with Gasteiger partial charge in [0.05, 0.1) is 22.2 Å². The van der Waals surface area contributed by atoms with Crippen LogP contribution in [0.5, 0.6) is 5.75 Å². The van der Waals surface area contributed by atoms with Crippen LogP contribution in [0.2, 0.25) is 0 Å². The zero-order valence-corrected chi connectivity index (χ0v) is 14.3. The number of nitrogens with zero attached hydrogens (tertiary/aromatic N) is 2. The molecule has 24 heavy (non-hydrogen) atoms. The Morgan fingerprint density at radius 3 is 2.62 bits per heavy atom. The van der Waals surface area contributed by atoms with Gasteiger partial charge in [0.2, 0.25) is 0 Å². The molecule has 0 saturated heterocycles. The van der Waals surface area contributed by atoms with Crippen molar-refractivity contribution in [2.75, 3.05) is 6.61 Å². The van der Waals surface area contributed by atoms with Crippen molar-refractivity contribution in [3.05, 3.63) is 68.2 Å². The van der Waals surface area contributed by atoms with E-state index in [-0.39, 0.29) is 11.3 Å². The first-order chi connectivity index (χ1) is 11.5. The lowest BCUT2D eigenvalue weighted by Gasteiger charge is -2.05. The fraction of sp³-hybridized carbons (Fsp3) is 0.125. The van der Waals surface area contributed by atoms with Gasteiger partial charge in [-0.15, -0.1) is 0 Å². The molecule has 0 unspecified atom stereocenters. The van der Waals surface area contributed by atoms with E-state index in [1.54, 1.807) is 12.1 Å². The van der Waals surface area contributed by atoms with Crippen LogP contribution in [0.1, 0.15) is 22.8 Å². The number of carbonyl (C=O) groups is 1. The number of non-ortho nitro benzene ring substituents is 1. The maximum atomic E-state index is 11.9. The highest BCUT2D eigenvalue weighted by molar-refractivity contribution is 9.10. The van der Waals surface area contributed by atoms with Crippen LogP contribution >= 0.6 is 15.9 Å². The molecule has 1 amide bonds. The maximum absolute atomic E-state index is 11.9. The summed E-state index contributed by atoms with van der Waals surface area (Å²) in [4.78, 5) is 21.9. The van der Waals surface area contributed by atoms with Gasteiger partial charge in [-0.2, -0.15) is 5.10 Å². The van der Waals surface area contributed by atoms with Crippen molar-refractivity contribution in [2.45, 2.75) is 6.92 Å². The van der Waals surface area contributed by atoms with Gasteiger partial charge in [-0.05, 0) is 58.7 Å². The highest BCUT2D eigenvalue weighted by atomic mass is 79.9.